The third-order valence-corrected chi connectivity index (χ3v) is 4.30. The lowest BCUT2D eigenvalue weighted by Crippen LogP contribution is -2.52. The van der Waals surface area contributed by atoms with Crippen LogP contribution in [0, 0.1) is 5.92 Å². The van der Waals surface area contributed by atoms with E-state index >= 15 is 0 Å². The van der Waals surface area contributed by atoms with Crippen LogP contribution in [-0.2, 0) is 11.2 Å². The van der Waals surface area contributed by atoms with Gasteiger partial charge in [0.15, 0.2) is 0 Å². The summed E-state index contributed by atoms with van der Waals surface area (Å²) in [5.41, 5.74) is 1.12. The minimum Gasteiger partial charge on any atom is -0.394 e. The van der Waals surface area contributed by atoms with E-state index < -0.39 is 0 Å². The van der Waals surface area contributed by atoms with Crippen molar-refractivity contribution in [3.63, 3.8) is 0 Å². The van der Waals surface area contributed by atoms with Gasteiger partial charge in [-0.2, -0.15) is 0 Å². The third-order valence-electron chi connectivity index (χ3n) is 4.30. The number of hydrogen-bond donors (Lipinski definition) is 3. The molecule has 2 rings (SSSR count). The molecule has 3 N–H and O–H groups in total. The van der Waals surface area contributed by atoms with E-state index in [9.17, 15) is 9.90 Å². The number of aliphatic hydroxyl groups excluding tert-OH is 1. The van der Waals surface area contributed by atoms with Gasteiger partial charge in [-0.25, -0.2) is 0 Å². The Morgan fingerprint density at radius 2 is 2.19 bits per heavy atom. The number of rotatable bonds is 6. The first-order valence-electron chi connectivity index (χ1n) is 7.91. The highest BCUT2D eigenvalue weighted by atomic mass is 16.3. The molecule has 1 aliphatic heterocycles. The summed E-state index contributed by atoms with van der Waals surface area (Å²) in [6.45, 7) is 3.04. The molecule has 4 nitrogen and oxygen atoms in total. The smallest absolute Gasteiger partial charge is 0.237 e. The molecule has 1 fully saturated rings. The quantitative estimate of drug-likeness (QED) is 0.744. The first-order valence-corrected chi connectivity index (χ1v) is 7.91. The summed E-state index contributed by atoms with van der Waals surface area (Å²) in [4.78, 5) is 12.3. The van der Waals surface area contributed by atoms with Crippen molar-refractivity contribution in [2.24, 2.45) is 5.92 Å². The van der Waals surface area contributed by atoms with Gasteiger partial charge in [0.25, 0.3) is 0 Å². The molecule has 1 aliphatic rings. The minimum atomic E-state index is -0.219. The Bertz CT molecular complexity index is 436. The van der Waals surface area contributed by atoms with Crippen LogP contribution in [0.2, 0.25) is 0 Å². The fraction of sp³-hybridized carbons (Fsp3) is 0.588. The van der Waals surface area contributed by atoms with Crippen LogP contribution in [0.5, 0.6) is 0 Å². The highest BCUT2D eigenvalue weighted by Gasteiger charge is 2.27. The molecule has 0 bridgehead atoms. The van der Waals surface area contributed by atoms with E-state index in [1.807, 2.05) is 30.3 Å². The molecule has 1 aromatic carbocycles. The normalized spacial score (nSPS) is 23.5. The zero-order chi connectivity index (χ0) is 15.1. The predicted octanol–water partition coefficient (Wildman–Crippen LogP) is 1.48. The van der Waals surface area contributed by atoms with Crippen molar-refractivity contribution in [2.45, 2.75) is 44.7 Å². The first kappa shape index (κ1) is 16.0. The van der Waals surface area contributed by atoms with Crippen LogP contribution in [0.3, 0.4) is 0 Å². The molecular weight excluding hydrogens is 264 g/mol. The fourth-order valence-electron chi connectivity index (χ4n) is 2.93. The lowest BCUT2D eigenvalue weighted by atomic mass is 9.90. The van der Waals surface area contributed by atoms with Crippen molar-refractivity contribution in [1.29, 1.82) is 0 Å². The van der Waals surface area contributed by atoms with E-state index in [0.29, 0.717) is 12.3 Å². The molecule has 21 heavy (non-hydrogen) atoms. The average molecular weight is 290 g/mol. The Hall–Kier alpha value is -1.39. The van der Waals surface area contributed by atoms with Gasteiger partial charge in [-0.1, -0.05) is 43.7 Å². The third kappa shape index (κ3) is 4.83. The van der Waals surface area contributed by atoms with Crippen LogP contribution in [0.4, 0.5) is 0 Å². The van der Waals surface area contributed by atoms with Crippen molar-refractivity contribution in [3.05, 3.63) is 35.9 Å². The number of benzene rings is 1. The maximum absolute atomic E-state index is 12.3. The molecule has 2 unspecified atom stereocenters. The van der Waals surface area contributed by atoms with Gasteiger partial charge in [0.2, 0.25) is 5.91 Å². The van der Waals surface area contributed by atoms with Crippen molar-refractivity contribution >= 4 is 5.91 Å². The SMILES string of the molecule is CCC1CCNC(C(=O)N[C@@H](CO)Cc2ccccc2)C1. The summed E-state index contributed by atoms with van der Waals surface area (Å²) in [7, 11) is 0. The Kier molecular flexibility index (Phi) is 6.21. The number of hydrogen-bond acceptors (Lipinski definition) is 3. The molecular formula is C17H26N2O2. The molecule has 1 heterocycles. The molecule has 116 valence electrons. The molecule has 0 aromatic heterocycles. The molecule has 3 atom stereocenters. The van der Waals surface area contributed by atoms with Crippen LogP contribution in [0.1, 0.15) is 31.7 Å². The standard InChI is InChI=1S/C17H26N2O2/c1-2-13-8-9-18-16(11-13)17(21)19-15(12-20)10-14-6-4-3-5-7-14/h3-7,13,15-16,18,20H,2,8-12H2,1H3,(H,19,21)/t13?,15-,16?/m1/s1. The van der Waals surface area contributed by atoms with E-state index in [1.54, 1.807) is 0 Å². The number of piperidine rings is 1. The Labute approximate surface area is 126 Å². The van der Waals surface area contributed by atoms with Crippen molar-refractivity contribution in [1.82, 2.24) is 10.6 Å². The molecule has 1 aromatic rings. The zero-order valence-corrected chi connectivity index (χ0v) is 12.7. The lowest BCUT2D eigenvalue weighted by molar-refractivity contribution is -0.125. The van der Waals surface area contributed by atoms with Gasteiger partial charge in [0.1, 0.15) is 0 Å². The number of nitrogens with one attached hydrogen (secondary N) is 2. The van der Waals surface area contributed by atoms with E-state index in [0.717, 1.165) is 31.4 Å². The van der Waals surface area contributed by atoms with Crippen LogP contribution in [0.25, 0.3) is 0 Å². The number of amides is 1. The van der Waals surface area contributed by atoms with Gasteiger partial charge in [-0.15, -0.1) is 0 Å². The van der Waals surface area contributed by atoms with Gasteiger partial charge in [-0.3, -0.25) is 4.79 Å². The fourth-order valence-corrected chi connectivity index (χ4v) is 2.93. The van der Waals surface area contributed by atoms with E-state index in [4.69, 9.17) is 0 Å². The number of carbonyl (C=O) groups excluding carboxylic acids is 1. The molecule has 0 radical (unpaired) electrons. The highest BCUT2D eigenvalue weighted by molar-refractivity contribution is 5.82. The average Bonchev–Trinajstić information content (AvgIpc) is 2.55. The predicted molar refractivity (Wildman–Crippen MR) is 84.0 cm³/mol. The Morgan fingerprint density at radius 3 is 2.86 bits per heavy atom. The Morgan fingerprint density at radius 1 is 1.43 bits per heavy atom. The Balaban J connectivity index is 1.87. The number of aliphatic hydroxyl groups is 1. The van der Waals surface area contributed by atoms with Gasteiger partial charge in [0.05, 0.1) is 18.7 Å². The maximum Gasteiger partial charge on any atom is 0.237 e. The zero-order valence-electron chi connectivity index (χ0n) is 12.7. The summed E-state index contributed by atoms with van der Waals surface area (Å²) in [5, 5.41) is 15.8. The molecule has 0 spiro atoms. The van der Waals surface area contributed by atoms with Gasteiger partial charge in [0, 0.05) is 0 Å². The van der Waals surface area contributed by atoms with Crippen molar-refractivity contribution in [3.8, 4) is 0 Å². The van der Waals surface area contributed by atoms with Gasteiger partial charge >= 0.3 is 0 Å². The maximum atomic E-state index is 12.3. The molecule has 0 aliphatic carbocycles. The number of carbonyl (C=O) groups is 1. The summed E-state index contributed by atoms with van der Waals surface area (Å²) < 4.78 is 0. The second-order valence-electron chi connectivity index (χ2n) is 5.88. The van der Waals surface area contributed by atoms with Crippen molar-refractivity contribution < 1.29 is 9.90 Å². The van der Waals surface area contributed by atoms with Gasteiger partial charge < -0.3 is 15.7 Å². The lowest BCUT2D eigenvalue weighted by Gasteiger charge is -2.30. The van der Waals surface area contributed by atoms with Crippen LogP contribution in [-0.4, -0.2) is 36.2 Å². The second-order valence-corrected chi connectivity index (χ2v) is 5.88. The topological polar surface area (TPSA) is 61.4 Å². The van der Waals surface area contributed by atoms with Gasteiger partial charge in [-0.05, 0) is 37.3 Å². The summed E-state index contributed by atoms with van der Waals surface area (Å²) in [6, 6.07) is 9.60. The molecule has 4 heteroatoms. The van der Waals surface area contributed by atoms with Crippen molar-refractivity contribution in [2.75, 3.05) is 13.2 Å². The summed E-state index contributed by atoms with van der Waals surface area (Å²) in [6.07, 6.45) is 3.82. The van der Waals surface area contributed by atoms with Crippen LogP contribution < -0.4 is 10.6 Å². The summed E-state index contributed by atoms with van der Waals surface area (Å²) >= 11 is 0. The second kappa shape index (κ2) is 8.15. The first-order chi connectivity index (χ1) is 10.2. The van der Waals surface area contributed by atoms with E-state index in [2.05, 4.69) is 17.6 Å². The van der Waals surface area contributed by atoms with E-state index in [1.165, 1.54) is 0 Å². The highest BCUT2D eigenvalue weighted by Crippen LogP contribution is 2.19. The largest absolute Gasteiger partial charge is 0.394 e. The van der Waals surface area contributed by atoms with E-state index in [-0.39, 0.29) is 24.6 Å². The molecule has 0 saturated carbocycles. The van der Waals surface area contributed by atoms with Crippen LogP contribution in [0.15, 0.2) is 30.3 Å². The summed E-state index contributed by atoms with van der Waals surface area (Å²) in [5.74, 6) is 0.645. The molecule has 1 saturated heterocycles. The monoisotopic (exact) mass is 290 g/mol. The minimum absolute atomic E-state index is 0.0168. The molecule has 1 amide bonds. The van der Waals surface area contributed by atoms with Crippen LogP contribution >= 0.6 is 0 Å².